The van der Waals surface area contributed by atoms with Crippen molar-refractivity contribution in [2.24, 2.45) is 0 Å². The number of carboxylic acids is 1. The number of rotatable bonds is 4. The molecule has 8 heteroatoms. The van der Waals surface area contributed by atoms with Crippen LogP contribution in [0.2, 0.25) is 0 Å². The van der Waals surface area contributed by atoms with Crippen LogP contribution in [0.5, 0.6) is 0 Å². The van der Waals surface area contributed by atoms with Crippen LogP contribution in [0.3, 0.4) is 0 Å². The fourth-order valence-electron chi connectivity index (χ4n) is 0.627. The van der Waals surface area contributed by atoms with E-state index in [0.29, 0.717) is 0 Å². The molecule has 0 heterocycles. The van der Waals surface area contributed by atoms with Crippen LogP contribution >= 0.6 is 0 Å². The molecule has 15 heavy (non-hydrogen) atoms. The highest BCUT2D eigenvalue weighted by Gasteiger charge is 2.39. The van der Waals surface area contributed by atoms with Gasteiger partial charge in [-0.1, -0.05) is 0 Å². The van der Waals surface area contributed by atoms with E-state index in [0.717, 1.165) is 6.92 Å². The fraction of sp³-hybridized carbons (Fsp3) is 0.714. The summed E-state index contributed by atoms with van der Waals surface area (Å²) in [5, 5.41) is 18.9. The SMILES string of the molecule is CC(O)(CCNC(=O)C(F)(F)F)C(=O)O. The van der Waals surface area contributed by atoms with Crippen molar-refractivity contribution in [1.82, 2.24) is 5.32 Å². The first-order chi connectivity index (χ1) is 6.57. The van der Waals surface area contributed by atoms with E-state index in [-0.39, 0.29) is 0 Å². The molecule has 1 atom stereocenters. The van der Waals surface area contributed by atoms with Gasteiger partial charge in [-0.3, -0.25) is 4.79 Å². The number of carbonyl (C=O) groups is 2. The molecular formula is C7H10F3NO4. The molecule has 0 aliphatic carbocycles. The van der Waals surface area contributed by atoms with Crippen molar-refractivity contribution < 1.29 is 33.0 Å². The van der Waals surface area contributed by atoms with Gasteiger partial charge in [0.1, 0.15) is 0 Å². The van der Waals surface area contributed by atoms with E-state index in [4.69, 9.17) is 10.2 Å². The van der Waals surface area contributed by atoms with E-state index >= 15 is 0 Å². The second-order valence-corrected chi connectivity index (χ2v) is 3.08. The second-order valence-electron chi connectivity index (χ2n) is 3.08. The molecule has 5 nitrogen and oxygen atoms in total. The highest BCUT2D eigenvalue weighted by molar-refractivity contribution is 5.81. The van der Waals surface area contributed by atoms with Crippen LogP contribution in [0, 0.1) is 0 Å². The molecule has 0 bridgehead atoms. The van der Waals surface area contributed by atoms with Crippen LogP contribution < -0.4 is 5.32 Å². The highest BCUT2D eigenvalue weighted by Crippen LogP contribution is 2.14. The summed E-state index contributed by atoms with van der Waals surface area (Å²) < 4.78 is 34.9. The zero-order valence-corrected chi connectivity index (χ0v) is 7.76. The Morgan fingerprint density at radius 2 is 1.80 bits per heavy atom. The number of hydrogen-bond donors (Lipinski definition) is 3. The molecule has 0 aliphatic rings. The first-order valence-electron chi connectivity index (χ1n) is 3.88. The van der Waals surface area contributed by atoms with Gasteiger partial charge >= 0.3 is 18.1 Å². The fourth-order valence-corrected chi connectivity index (χ4v) is 0.627. The topological polar surface area (TPSA) is 86.6 Å². The van der Waals surface area contributed by atoms with Crippen LogP contribution in [0.4, 0.5) is 13.2 Å². The average Bonchev–Trinajstić information content (AvgIpc) is 2.01. The smallest absolute Gasteiger partial charge is 0.471 e. The molecule has 0 rings (SSSR count). The molecule has 0 aromatic rings. The van der Waals surface area contributed by atoms with Crippen LogP contribution in [0.25, 0.3) is 0 Å². The minimum absolute atomic E-state index is 0.510. The molecule has 0 spiro atoms. The van der Waals surface area contributed by atoms with Crippen molar-refractivity contribution in [2.75, 3.05) is 6.54 Å². The molecule has 0 aromatic carbocycles. The number of amides is 1. The maximum atomic E-state index is 11.6. The van der Waals surface area contributed by atoms with Crippen molar-refractivity contribution in [1.29, 1.82) is 0 Å². The molecule has 1 amide bonds. The molecule has 0 fully saturated rings. The average molecular weight is 229 g/mol. The Bertz CT molecular complexity index is 261. The molecule has 0 aliphatic heterocycles. The second kappa shape index (κ2) is 4.47. The van der Waals surface area contributed by atoms with Gasteiger partial charge in [0.05, 0.1) is 0 Å². The molecule has 1 unspecified atom stereocenters. The monoisotopic (exact) mass is 229 g/mol. The van der Waals surface area contributed by atoms with Gasteiger partial charge in [0.15, 0.2) is 5.60 Å². The van der Waals surface area contributed by atoms with Crippen molar-refractivity contribution in [3.63, 3.8) is 0 Å². The highest BCUT2D eigenvalue weighted by atomic mass is 19.4. The lowest BCUT2D eigenvalue weighted by atomic mass is 10.0. The van der Waals surface area contributed by atoms with Gasteiger partial charge in [-0.05, 0) is 6.92 Å². The summed E-state index contributed by atoms with van der Waals surface area (Å²) in [6, 6.07) is 0. The third-order valence-electron chi connectivity index (χ3n) is 1.62. The van der Waals surface area contributed by atoms with E-state index in [1.807, 2.05) is 0 Å². The lowest BCUT2D eigenvalue weighted by molar-refractivity contribution is -0.174. The van der Waals surface area contributed by atoms with E-state index in [1.165, 1.54) is 5.32 Å². The molecule has 0 saturated carbocycles. The molecular weight excluding hydrogens is 219 g/mol. The van der Waals surface area contributed by atoms with Gasteiger partial charge in [0.2, 0.25) is 0 Å². The molecule has 88 valence electrons. The Morgan fingerprint density at radius 1 is 1.33 bits per heavy atom. The number of hydrogen-bond acceptors (Lipinski definition) is 3. The molecule has 0 aromatic heterocycles. The van der Waals surface area contributed by atoms with Crippen molar-refractivity contribution in [2.45, 2.75) is 25.1 Å². The van der Waals surface area contributed by atoms with E-state index in [9.17, 15) is 22.8 Å². The van der Waals surface area contributed by atoms with Crippen LogP contribution in [0.15, 0.2) is 0 Å². The number of nitrogens with one attached hydrogen (secondary N) is 1. The minimum atomic E-state index is -5.00. The van der Waals surface area contributed by atoms with Gasteiger partial charge in [0, 0.05) is 13.0 Å². The summed E-state index contributed by atoms with van der Waals surface area (Å²) in [6.45, 7) is 0.354. The summed E-state index contributed by atoms with van der Waals surface area (Å²) in [5.74, 6) is -3.73. The normalized spacial score (nSPS) is 15.5. The van der Waals surface area contributed by atoms with Gasteiger partial charge in [0.25, 0.3) is 0 Å². The standard InChI is InChI=1S/C7H10F3NO4/c1-6(15,5(13)14)2-3-11-4(12)7(8,9)10/h15H,2-3H2,1H3,(H,11,12)(H,13,14). The lowest BCUT2D eigenvalue weighted by Gasteiger charge is -2.17. The van der Waals surface area contributed by atoms with Gasteiger partial charge < -0.3 is 15.5 Å². The van der Waals surface area contributed by atoms with Gasteiger partial charge in [-0.25, -0.2) is 4.79 Å². The van der Waals surface area contributed by atoms with Crippen LogP contribution in [-0.2, 0) is 9.59 Å². The van der Waals surface area contributed by atoms with E-state index in [1.54, 1.807) is 0 Å². The predicted molar refractivity (Wildman–Crippen MR) is 41.9 cm³/mol. The number of carbonyl (C=O) groups excluding carboxylic acids is 1. The third-order valence-corrected chi connectivity index (χ3v) is 1.62. The van der Waals surface area contributed by atoms with Crippen molar-refractivity contribution in [3.8, 4) is 0 Å². The first kappa shape index (κ1) is 13.7. The summed E-state index contributed by atoms with van der Waals surface area (Å²) >= 11 is 0. The Balaban J connectivity index is 4.01. The van der Waals surface area contributed by atoms with E-state index in [2.05, 4.69) is 0 Å². The third kappa shape index (κ3) is 4.63. The minimum Gasteiger partial charge on any atom is -0.479 e. The van der Waals surface area contributed by atoms with Crippen molar-refractivity contribution in [3.05, 3.63) is 0 Å². The number of halogens is 3. The van der Waals surface area contributed by atoms with Gasteiger partial charge in [-0.2, -0.15) is 13.2 Å². The Morgan fingerprint density at radius 3 is 2.13 bits per heavy atom. The number of alkyl halides is 3. The maximum absolute atomic E-state index is 11.6. The zero-order chi connectivity index (χ0) is 12.3. The maximum Gasteiger partial charge on any atom is 0.471 e. The predicted octanol–water partition coefficient (Wildman–Crippen LogP) is -0.109. The molecule has 0 saturated heterocycles. The lowest BCUT2D eigenvalue weighted by Crippen LogP contribution is -2.42. The quantitative estimate of drug-likeness (QED) is 0.627. The number of aliphatic hydroxyl groups is 1. The van der Waals surface area contributed by atoms with Crippen molar-refractivity contribution >= 4 is 11.9 Å². The van der Waals surface area contributed by atoms with E-state index < -0.39 is 36.6 Å². The van der Waals surface area contributed by atoms with Gasteiger partial charge in [-0.15, -0.1) is 0 Å². The summed E-state index contributed by atoms with van der Waals surface area (Å²) in [5.41, 5.74) is -2.15. The van der Waals surface area contributed by atoms with Crippen LogP contribution in [-0.4, -0.2) is 40.4 Å². The molecule has 0 radical (unpaired) electrons. The zero-order valence-electron chi connectivity index (χ0n) is 7.76. The Hall–Kier alpha value is -1.31. The number of aliphatic carboxylic acids is 1. The summed E-state index contributed by atoms with van der Waals surface area (Å²) in [7, 11) is 0. The van der Waals surface area contributed by atoms with Crippen LogP contribution in [0.1, 0.15) is 13.3 Å². The Kier molecular flexibility index (Phi) is 4.08. The first-order valence-corrected chi connectivity index (χ1v) is 3.88. The summed E-state index contributed by atoms with van der Waals surface area (Å²) in [6.07, 6.45) is -5.51. The molecule has 3 N–H and O–H groups in total. The number of carboxylic acid groups (broad SMARTS) is 1. The summed E-state index contributed by atoms with van der Waals surface area (Å²) in [4.78, 5) is 20.6. The largest absolute Gasteiger partial charge is 0.479 e. The Labute approximate surface area is 82.9 Å².